The molecule has 0 heterocycles. The molecule has 0 radical (unpaired) electrons. The maximum absolute atomic E-state index is 11.0. The summed E-state index contributed by atoms with van der Waals surface area (Å²) in [6, 6.07) is 5.23. The number of carbonyl (C=O) groups excluding carboxylic acids is 1. The van der Waals surface area contributed by atoms with Crippen LogP contribution in [0.25, 0.3) is 0 Å². The molecule has 3 nitrogen and oxygen atoms in total. The van der Waals surface area contributed by atoms with Gasteiger partial charge in [-0.25, -0.2) is 0 Å². The first-order valence-corrected chi connectivity index (χ1v) is 5.25. The molecule has 14 heavy (non-hydrogen) atoms. The number of alkyl halides is 1. The molecule has 0 aliphatic rings. The second-order valence-electron chi connectivity index (χ2n) is 2.64. The molecule has 0 bridgehead atoms. The van der Waals surface area contributed by atoms with Crippen molar-refractivity contribution in [2.75, 3.05) is 11.2 Å². The zero-order valence-electron chi connectivity index (χ0n) is 7.26. The van der Waals surface area contributed by atoms with E-state index < -0.39 is 0 Å². The summed E-state index contributed by atoms with van der Waals surface area (Å²) in [7, 11) is 0. The Morgan fingerprint density at radius 3 is 2.86 bits per heavy atom. The van der Waals surface area contributed by atoms with Gasteiger partial charge >= 0.3 is 0 Å². The van der Waals surface area contributed by atoms with Crippen LogP contribution in [0.15, 0.2) is 22.7 Å². The number of aliphatic hydroxyl groups is 1. The van der Waals surface area contributed by atoms with Gasteiger partial charge in [0.25, 0.3) is 0 Å². The van der Waals surface area contributed by atoms with Crippen molar-refractivity contribution in [1.29, 1.82) is 0 Å². The highest BCUT2D eigenvalue weighted by molar-refractivity contribution is 9.10. The van der Waals surface area contributed by atoms with Gasteiger partial charge in [-0.2, -0.15) is 0 Å². The van der Waals surface area contributed by atoms with Gasteiger partial charge in [0.1, 0.15) is 5.88 Å². The van der Waals surface area contributed by atoms with E-state index in [0.29, 0.717) is 11.3 Å². The number of hydrogen-bond donors (Lipinski definition) is 2. The number of carbonyl (C=O) groups is 1. The normalized spacial score (nSPS) is 9.93. The van der Waals surface area contributed by atoms with Crippen LogP contribution >= 0.6 is 27.5 Å². The fourth-order valence-electron chi connectivity index (χ4n) is 0.999. The number of rotatable bonds is 3. The molecule has 0 unspecified atom stereocenters. The maximum atomic E-state index is 11.0. The minimum atomic E-state index is -0.288. The molecule has 0 saturated heterocycles. The van der Waals surface area contributed by atoms with E-state index in [4.69, 9.17) is 16.7 Å². The van der Waals surface area contributed by atoms with Gasteiger partial charge < -0.3 is 10.4 Å². The first-order valence-electron chi connectivity index (χ1n) is 3.92. The van der Waals surface area contributed by atoms with Crippen LogP contribution in [0.3, 0.4) is 0 Å². The Morgan fingerprint density at radius 1 is 1.57 bits per heavy atom. The summed E-state index contributed by atoms with van der Waals surface area (Å²) in [5.41, 5.74) is 1.24. The van der Waals surface area contributed by atoms with Gasteiger partial charge in [0.05, 0.1) is 6.61 Å². The molecule has 0 saturated carbocycles. The predicted molar refractivity (Wildman–Crippen MR) is 59.4 cm³/mol. The third-order valence-electron chi connectivity index (χ3n) is 1.63. The van der Waals surface area contributed by atoms with Crippen molar-refractivity contribution in [2.24, 2.45) is 0 Å². The van der Waals surface area contributed by atoms with Crippen LogP contribution in [-0.4, -0.2) is 16.9 Å². The van der Waals surface area contributed by atoms with Crippen LogP contribution in [0, 0.1) is 0 Å². The van der Waals surface area contributed by atoms with Crippen LogP contribution in [0.4, 0.5) is 5.69 Å². The number of anilines is 1. The third-order valence-corrected chi connectivity index (χ3v) is 2.37. The molecule has 1 rings (SSSR count). The Hall–Kier alpha value is -0.580. The van der Waals surface area contributed by atoms with Crippen LogP contribution in [0.2, 0.25) is 0 Å². The van der Waals surface area contributed by atoms with Crippen LogP contribution < -0.4 is 5.32 Å². The summed E-state index contributed by atoms with van der Waals surface area (Å²) in [6.45, 7) is -0.128. The van der Waals surface area contributed by atoms with Crippen molar-refractivity contribution in [2.45, 2.75) is 6.61 Å². The number of nitrogens with one attached hydrogen (secondary N) is 1. The van der Waals surface area contributed by atoms with Gasteiger partial charge in [-0.15, -0.1) is 11.6 Å². The summed E-state index contributed by atoms with van der Waals surface area (Å²) in [6.07, 6.45) is 0. The number of halogens is 2. The smallest absolute Gasteiger partial charge is 0.239 e. The van der Waals surface area contributed by atoms with E-state index in [0.717, 1.165) is 4.47 Å². The number of aliphatic hydroxyl groups excluding tert-OH is 1. The van der Waals surface area contributed by atoms with Gasteiger partial charge in [-0.3, -0.25) is 4.79 Å². The molecule has 0 aliphatic carbocycles. The molecular formula is C9H9BrClNO2. The van der Waals surface area contributed by atoms with E-state index in [1.807, 2.05) is 0 Å². The Balaban J connectivity index is 2.90. The molecule has 0 aromatic heterocycles. The number of amides is 1. The summed E-state index contributed by atoms with van der Waals surface area (Å²) < 4.78 is 0.852. The summed E-state index contributed by atoms with van der Waals surface area (Å²) in [5.74, 6) is -0.385. The van der Waals surface area contributed by atoms with Crippen molar-refractivity contribution in [3.63, 3.8) is 0 Å². The monoisotopic (exact) mass is 277 g/mol. The summed E-state index contributed by atoms with van der Waals surface area (Å²) in [5, 5.41) is 11.6. The van der Waals surface area contributed by atoms with Crippen molar-refractivity contribution in [3.8, 4) is 0 Å². The standard InChI is InChI=1S/C9H9BrClNO2/c10-7-1-2-8(6(3-7)5-13)12-9(14)4-11/h1-3,13H,4-5H2,(H,12,14). The van der Waals surface area contributed by atoms with Crippen LogP contribution in [0.1, 0.15) is 5.56 Å². The van der Waals surface area contributed by atoms with Crippen LogP contribution in [-0.2, 0) is 11.4 Å². The molecule has 5 heteroatoms. The molecule has 76 valence electrons. The quantitative estimate of drug-likeness (QED) is 0.832. The highest BCUT2D eigenvalue weighted by Gasteiger charge is 2.05. The summed E-state index contributed by atoms with van der Waals surface area (Å²) >= 11 is 8.62. The highest BCUT2D eigenvalue weighted by atomic mass is 79.9. The van der Waals surface area contributed by atoms with Gasteiger partial charge in [-0.1, -0.05) is 15.9 Å². The molecule has 1 aromatic carbocycles. The lowest BCUT2D eigenvalue weighted by Gasteiger charge is -2.08. The second-order valence-corrected chi connectivity index (χ2v) is 3.82. The van der Waals surface area contributed by atoms with Gasteiger partial charge in [0.15, 0.2) is 0 Å². The van der Waals surface area contributed by atoms with Crippen LogP contribution in [0.5, 0.6) is 0 Å². The van der Waals surface area contributed by atoms with E-state index in [2.05, 4.69) is 21.2 Å². The van der Waals surface area contributed by atoms with E-state index in [1.165, 1.54) is 0 Å². The van der Waals surface area contributed by atoms with Crippen molar-refractivity contribution >= 4 is 39.1 Å². The second kappa shape index (κ2) is 5.34. The van der Waals surface area contributed by atoms with Crippen molar-refractivity contribution in [3.05, 3.63) is 28.2 Å². The molecule has 0 aliphatic heterocycles. The third kappa shape index (κ3) is 2.97. The Bertz CT molecular complexity index is 344. The average molecular weight is 279 g/mol. The minimum Gasteiger partial charge on any atom is -0.392 e. The SMILES string of the molecule is O=C(CCl)Nc1ccc(Br)cc1CO. The van der Waals surface area contributed by atoms with Crippen molar-refractivity contribution in [1.82, 2.24) is 0 Å². The first kappa shape index (κ1) is 11.5. The zero-order valence-corrected chi connectivity index (χ0v) is 9.60. The lowest BCUT2D eigenvalue weighted by Crippen LogP contribution is -2.13. The van der Waals surface area contributed by atoms with E-state index >= 15 is 0 Å². The van der Waals surface area contributed by atoms with Gasteiger partial charge in [0, 0.05) is 15.7 Å². The molecule has 1 aromatic rings. The van der Waals surface area contributed by atoms with E-state index in [9.17, 15) is 4.79 Å². The lowest BCUT2D eigenvalue weighted by molar-refractivity contribution is -0.113. The Morgan fingerprint density at radius 2 is 2.29 bits per heavy atom. The van der Waals surface area contributed by atoms with Gasteiger partial charge in [-0.05, 0) is 18.2 Å². The van der Waals surface area contributed by atoms with E-state index in [1.54, 1.807) is 18.2 Å². The molecule has 2 N–H and O–H groups in total. The van der Waals surface area contributed by atoms with Crippen molar-refractivity contribution < 1.29 is 9.90 Å². The summed E-state index contributed by atoms with van der Waals surface area (Å²) in [4.78, 5) is 11.0. The maximum Gasteiger partial charge on any atom is 0.239 e. The average Bonchev–Trinajstić information content (AvgIpc) is 2.20. The molecule has 0 spiro atoms. The fraction of sp³-hybridized carbons (Fsp3) is 0.222. The van der Waals surface area contributed by atoms with Gasteiger partial charge in [0.2, 0.25) is 5.91 Å². The van der Waals surface area contributed by atoms with E-state index in [-0.39, 0.29) is 18.4 Å². The first-order chi connectivity index (χ1) is 6.67. The molecular weight excluding hydrogens is 269 g/mol. The zero-order chi connectivity index (χ0) is 10.6. The number of hydrogen-bond acceptors (Lipinski definition) is 2. The molecule has 0 fully saturated rings. The largest absolute Gasteiger partial charge is 0.392 e. The highest BCUT2D eigenvalue weighted by Crippen LogP contribution is 2.20. The lowest BCUT2D eigenvalue weighted by atomic mass is 10.2. The topological polar surface area (TPSA) is 49.3 Å². The number of benzene rings is 1. The minimum absolute atomic E-state index is 0.0963. The molecule has 1 amide bonds. The Kier molecular flexibility index (Phi) is 4.38. The fourth-order valence-corrected chi connectivity index (χ4v) is 1.47. The molecule has 0 atom stereocenters. The Labute approximate surface area is 95.2 Å². The predicted octanol–water partition coefficient (Wildman–Crippen LogP) is 2.12.